The second kappa shape index (κ2) is 5.64. The Labute approximate surface area is 128 Å². The van der Waals surface area contributed by atoms with Crippen molar-refractivity contribution in [2.45, 2.75) is 45.3 Å². The molecular formula is C15H18ClFN2O2. The van der Waals surface area contributed by atoms with E-state index in [-0.39, 0.29) is 18.4 Å². The average Bonchev–Trinajstić information content (AvgIpc) is 2.39. The summed E-state index contributed by atoms with van der Waals surface area (Å²) in [5.74, 6) is -0.820. The zero-order valence-electron chi connectivity index (χ0n) is 12.2. The SMILES string of the molecule is CCC1C(=O)NC(C)(C)C(=O)N1Cc1cc(F)ccc1Cl. The van der Waals surface area contributed by atoms with Gasteiger partial charge in [0.2, 0.25) is 11.8 Å². The smallest absolute Gasteiger partial charge is 0.248 e. The Morgan fingerprint density at radius 1 is 1.38 bits per heavy atom. The van der Waals surface area contributed by atoms with Crippen molar-refractivity contribution in [3.05, 3.63) is 34.6 Å². The van der Waals surface area contributed by atoms with Crippen molar-refractivity contribution in [3.8, 4) is 0 Å². The third-order valence-electron chi connectivity index (χ3n) is 3.65. The average molecular weight is 313 g/mol. The number of nitrogens with one attached hydrogen (secondary N) is 1. The van der Waals surface area contributed by atoms with Crippen LogP contribution in [0.4, 0.5) is 4.39 Å². The van der Waals surface area contributed by atoms with Gasteiger partial charge in [0.1, 0.15) is 17.4 Å². The van der Waals surface area contributed by atoms with Crippen LogP contribution < -0.4 is 5.32 Å². The van der Waals surface area contributed by atoms with Gasteiger partial charge in [-0.05, 0) is 44.0 Å². The van der Waals surface area contributed by atoms with Crippen LogP contribution in [0.3, 0.4) is 0 Å². The van der Waals surface area contributed by atoms with Crippen LogP contribution >= 0.6 is 11.6 Å². The van der Waals surface area contributed by atoms with Crippen molar-refractivity contribution < 1.29 is 14.0 Å². The molecule has 6 heteroatoms. The van der Waals surface area contributed by atoms with Gasteiger partial charge in [-0.15, -0.1) is 0 Å². The predicted molar refractivity (Wildman–Crippen MR) is 78.3 cm³/mol. The molecule has 0 aromatic heterocycles. The molecule has 1 saturated heterocycles. The number of nitrogens with zero attached hydrogens (tertiary/aromatic N) is 1. The molecule has 2 rings (SSSR count). The fourth-order valence-corrected chi connectivity index (χ4v) is 2.70. The number of benzene rings is 1. The second-order valence-corrected chi connectivity index (χ2v) is 6.11. The molecule has 1 aromatic carbocycles. The van der Waals surface area contributed by atoms with Crippen molar-refractivity contribution >= 4 is 23.4 Å². The van der Waals surface area contributed by atoms with Crippen molar-refractivity contribution in [2.75, 3.05) is 0 Å². The van der Waals surface area contributed by atoms with Crippen molar-refractivity contribution in [3.63, 3.8) is 0 Å². The molecule has 21 heavy (non-hydrogen) atoms. The highest BCUT2D eigenvalue weighted by Crippen LogP contribution is 2.25. The van der Waals surface area contributed by atoms with Crippen LogP contribution in [-0.4, -0.2) is 28.3 Å². The van der Waals surface area contributed by atoms with E-state index < -0.39 is 17.4 Å². The minimum absolute atomic E-state index is 0.116. The Morgan fingerprint density at radius 2 is 2.05 bits per heavy atom. The molecule has 1 heterocycles. The Morgan fingerprint density at radius 3 is 2.67 bits per heavy atom. The lowest BCUT2D eigenvalue weighted by molar-refractivity contribution is -0.154. The van der Waals surface area contributed by atoms with E-state index in [0.717, 1.165) is 0 Å². The topological polar surface area (TPSA) is 49.4 Å². The molecule has 1 aliphatic rings. The van der Waals surface area contributed by atoms with Gasteiger partial charge in [-0.3, -0.25) is 9.59 Å². The van der Waals surface area contributed by atoms with Crippen LogP contribution in [-0.2, 0) is 16.1 Å². The molecule has 1 N–H and O–H groups in total. The highest BCUT2D eigenvalue weighted by Gasteiger charge is 2.44. The monoisotopic (exact) mass is 312 g/mol. The third kappa shape index (κ3) is 3.02. The van der Waals surface area contributed by atoms with Gasteiger partial charge in [-0.1, -0.05) is 18.5 Å². The van der Waals surface area contributed by atoms with Crippen LogP contribution in [0.15, 0.2) is 18.2 Å². The highest BCUT2D eigenvalue weighted by molar-refractivity contribution is 6.31. The van der Waals surface area contributed by atoms with E-state index in [1.54, 1.807) is 13.8 Å². The van der Waals surface area contributed by atoms with E-state index in [4.69, 9.17) is 11.6 Å². The largest absolute Gasteiger partial charge is 0.340 e. The van der Waals surface area contributed by atoms with E-state index in [2.05, 4.69) is 5.32 Å². The first-order valence-electron chi connectivity index (χ1n) is 6.83. The minimum atomic E-state index is -0.970. The molecular weight excluding hydrogens is 295 g/mol. The number of carbonyl (C=O) groups excluding carboxylic acids is 2. The lowest BCUT2D eigenvalue weighted by Crippen LogP contribution is -2.67. The number of hydrogen-bond donors (Lipinski definition) is 1. The standard InChI is InChI=1S/C15H18ClFN2O2/c1-4-12-13(20)18-15(2,3)14(21)19(12)8-9-7-10(17)5-6-11(9)16/h5-7,12H,4,8H2,1-3H3,(H,18,20). The van der Waals surface area contributed by atoms with Crippen molar-refractivity contribution in [2.24, 2.45) is 0 Å². The summed E-state index contributed by atoms with van der Waals surface area (Å²) in [7, 11) is 0. The zero-order valence-corrected chi connectivity index (χ0v) is 13.0. The molecule has 1 aliphatic heterocycles. The number of halogens is 2. The minimum Gasteiger partial charge on any atom is -0.340 e. The molecule has 2 amide bonds. The summed E-state index contributed by atoms with van der Waals surface area (Å²) in [6, 6.07) is 3.44. The maximum absolute atomic E-state index is 13.4. The molecule has 0 radical (unpaired) electrons. The highest BCUT2D eigenvalue weighted by atomic mass is 35.5. The fourth-order valence-electron chi connectivity index (χ4n) is 2.52. The van der Waals surface area contributed by atoms with Crippen LogP contribution in [0.5, 0.6) is 0 Å². The molecule has 0 bridgehead atoms. The lowest BCUT2D eigenvalue weighted by Gasteiger charge is -2.42. The van der Waals surface area contributed by atoms with Crippen molar-refractivity contribution in [1.29, 1.82) is 0 Å². The summed E-state index contributed by atoms with van der Waals surface area (Å²) >= 11 is 6.06. The maximum Gasteiger partial charge on any atom is 0.248 e. The lowest BCUT2D eigenvalue weighted by atomic mass is 9.95. The van der Waals surface area contributed by atoms with Gasteiger partial charge in [-0.25, -0.2) is 4.39 Å². The molecule has 1 unspecified atom stereocenters. The van der Waals surface area contributed by atoms with Gasteiger partial charge < -0.3 is 10.2 Å². The summed E-state index contributed by atoms with van der Waals surface area (Å²) in [5.41, 5.74) is -0.475. The summed E-state index contributed by atoms with van der Waals surface area (Å²) < 4.78 is 13.4. The summed E-state index contributed by atoms with van der Waals surface area (Å²) in [4.78, 5) is 26.1. The van der Waals surface area contributed by atoms with Gasteiger partial charge >= 0.3 is 0 Å². The quantitative estimate of drug-likeness (QED) is 0.932. The summed E-state index contributed by atoms with van der Waals surface area (Å²) in [6.45, 7) is 5.25. The van der Waals surface area contributed by atoms with Crippen molar-refractivity contribution in [1.82, 2.24) is 10.2 Å². The van der Waals surface area contributed by atoms with E-state index in [0.29, 0.717) is 17.0 Å². The Kier molecular flexibility index (Phi) is 4.23. The summed E-state index contributed by atoms with van der Waals surface area (Å²) in [5, 5.41) is 3.09. The van der Waals surface area contributed by atoms with Gasteiger partial charge in [0.15, 0.2) is 0 Å². The number of rotatable bonds is 3. The third-order valence-corrected chi connectivity index (χ3v) is 4.01. The number of hydrogen-bond acceptors (Lipinski definition) is 2. The van der Waals surface area contributed by atoms with Gasteiger partial charge in [-0.2, -0.15) is 0 Å². The molecule has 0 aliphatic carbocycles. The van der Waals surface area contributed by atoms with E-state index in [9.17, 15) is 14.0 Å². The van der Waals surface area contributed by atoms with Crippen LogP contribution in [0.25, 0.3) is 0 Å². The van der Waals surface area contributed by atoms with Gasteiger partial charge in [0, 0.05) is 11.6 Å². The number of piperazine rings is 1. The Balaban J connectivity index is 2.36. The maximum atomic E-state index is 13.4. The van der Waals surface area contributed by atoms with Crippen LogP contribution in [0, 0.1) is 5.82 Å². The first kappa shape index (κ1) is 15.8. The molecule has 4 nitrogen and oxygen atoms in total. The van der Waals surface area contributed by atoms with Crippen LogP contribution in [0.2, 0.25) is 5.02 Å². The van der Waals surface area contributed by atoms with Crippen LogP contribution in [0.1, 0.15) is 32.8 Å². The predicted octanol–water partition coefficient (Wildman–Crippen LogP) is 2.49. The van der Waals surface area contributed by atoms with E-state index >= 15 is 0 Å². The molecule has 1 atom stereocenters. The number of amides is 2. The first-order valence-corrected chi connectivity index (χ1v) is 7.21. The molecule has 1 aromatic rings. The van der Waals surface area contributed by atoms with Gasteiger partial charge in [0.25, 0.3) is 0 Å². The molecule has 0 saturated carbocycles. The zero-order chi connectivity index (χ0) is 15.8. The molecule has 0 spiro atoms. The van der Waals surface area contributed by atoms with E-state index in [1.807, 2.05) is 6.92 Å². The summed E-state index contributed by atoms with van der Waals surface area (Å²) in [6.07, 6.45) is 0.487. The molecule has 1 fully saturated rings. The second-order valence-electron chi connectivity index (χ2n) is 5.71. The Bertz CT molecular complexity index is 589. The molecule has 114 valence electrons. The normalized spacial score (nSPS) is 21.4. The Hall–Kier alpha value is -1.62. The van der Waals surface area contributed by atoms with Gasteiger partial charge in [0.05, 0.1) is 0 Å². The first-order chi connectivity index (χ1) is 9.76. The van der Waals surface area contributed by atoms with E-state index in [1.165, 1.54) is 23.1 Å². The number of carbonyl (C=O) groups is 2. The fraction of sp³-hybridized carbons (Fsp3) is 0.467.